The minimum Gasteiger partial charge on any atom is -0.392 e. The predicted octanol–water partition coefficient (Wildman–Crippen LogP) is 3.92. The van der Waals surface area contributed by atoms with Crippen molar-refractivity contribution in [1.82, 2.24) is 0 Å². The van der Waals surface area contributed by atoms with Crippen molar-refractivity contribution in [2.24, 2.45) is 0 Å². The van der Waals surface area contributed by atoms with Gasteiger partial charge < -0.3 is 5.11 Å². The molecule has 0 aliphatic heterocycles. The first kappa shape index (κ1) is 11.4. The zero-order valence-electron chi connectivity index (χ0n) is 9.07. The van der Waals surface area contributed by atoms with Crippen LogP contribution in [0.3, 0.4) is 0 Å². The number of rotatable bonds is 2. The Labute approximate surface area is 104 Å². The van der Waals surface area contributed by atoms with Crippen molar-refractivity contribution < 1.29 is 5.11 Å². The Balaban J connectivity index is 2.57. The molecule has 0 aliphatic rings. The number of aryl methyl sites for hydroxylation is 1. The van der Waals surface area contributed by atoms with Gasteiger partial charge in [0.1, 0.15) is 0 Å². The first-order chi connectivity index (χ1) is 7.72. The number of halogens is 1. The summed E-state index contributed by atoms with van der Waals surface area (Å²) in [5, 5.41) is 9.25. The van der Waals surface area contributed by atoms with E-state index >= 15 is 0 Å². The molecule has 2 rings (SSSR count). The largest absolute Gasteiger partial charge is 0.392 e. The van der Waals surface area contributed by atoms with E-state index in [0.29, 0.717) is 0 Å². The van der Waals surface area contributed by atoms with E-state index in [1.165, 1.54) is 16.7 Å². The highest BCUT2D eigenvalue weighted by Gasteiger charge is 2.06. The molecule has 0 amide bonds. The Morgan fingerprint density at radius 1 is 1.12 bits per heavy atom. The molecule has 0 bridgehead atoms. The Kier molecular flexibility index (Phi) is 3.42. The third-order valence-electron chi connectivity index (χ3n) is 2.65. The molecule has 0 radical (unpaired) electrons. The monoisotopic (exact) mass is 276 g/mol. The molecule has 82 valence electrons. The number of hydrogen-bond acceptors (Lipinski definition) is 1. The van der Waals surface area contributed by atoms with E-state index in [-0.39, 0.29) is 6.61 Å². The van der Waals surface area contributed by atoms with Crippen molar-refractivity contribution >= 4 is 15.9 Å². The number of aliphatic hydroxyl groups excluding tert-OH is 1. The van der Waals surface area contributed by atoms with Gasteiger partial charge in [0.25, 0.3) is 0 Å². The van der Waals surface area contributed by atoms with Crippen molar-refractivity contribution in [2.45, 2.75) is 13.5 Å². The van der Waals surface area contributed by atoms with E-state index in [2.05, 4.69) is 35.0 Å². The molecule has 16 heavy (non-hydrogen) atoms. The van der Waals surface area contributed by atoms with Gasteiger partial charge in [0.2, 0.25) is 0 Å². The molecule has 0 saturated heterocycles. The van der Waals surface area contributed by atoms with E-state index in [1.807, 2.05) is 30.3 Å². The molecule has 2 aromatic carbocycles. The number of benzene rings is 2. The minimum absolute atomic E-state index is 0.0562. The zero-order valence-corrected chi connectivity index (χ0v) is 10.7. The minimum atomic E-state index is 0.0562. The summed E-state index contributed by atoms with van der Waals surface area (Å²) in [6.45, 7) is 2.13. The topological polar surface area (TPSA) is 20.2 Å². The summed E-state index contributed by atoms with van der Waals surface area (Å²) in [6.07, 6.45) is 0. The van der Waals surface area contributed by atoms with Gasteiger partial charge in [0.05, 0.1) is 6.61 Å². The summed E-state index contributed by atoms with van der Waals surface area (Å²) in [4.78, 5) is 0. The van der Waals surface area contributed by atoms with Gasteiger partial charge >= 0.3 is 0 Å². The zero-order chi connectivity index (χ0) is 11.5. The molecule has 0 spiro atoms. The van der Waals surface area contributed by atoms with Crippen molar-refractivity contribution in [3.63, 3.8) is 0 Å². The fourth-order valence-electron chi connectivity index (χ4n) is 1.77. The third kappa shape index (κ3) is 2.18. The SMILES string of the molecule is Cc1cc(Br)c(CO)cc1-c1ccccc1. The Morgan fingerprint density at radius 3 is 2.44 bits per heavy atom. The van der Waals surface area contributed by atoms with Crippen LogP contribution in [0.5, 0.6) is 0 Å². The number of hydrogen-bond donors (Lipinski definition) is 1. The molecule has 0 unspecified atom stereocenters. The molecular weight excluding hydrogens is 264 g/mol. The van der Waals surface area contributed by atoms with Crippen LogP contribution in [0.2, 0.25) is 0 Å². The van der Waals surface area contributed by atoms with Gasteiger partial charge in [0, 0.05) is 4.47 Å². The maximum Gasteiger partial charge on any atom is 0.0693 e. The van der Waals surface area contributed by atoms with Crippen LogP contribution in [0.15, 0.2) is 46.9 Å². The molecule has 0 aromatic heterocycles. The van der Waals surface area contributed by atoms with Crippen LogP contribution in [-0.4, -0.2) is 5.11 Å². The quantitative estimate of drug-likeness (QED) is 0.882. The van der Waals surface area contributed by atoms with Crippen molar-refractivity contribution in [3.8, 4) is 11.1 Å². The molecule has 0 atom stereocenters. The second-order valence-corrected chi connectivity index (χ2v) is 4.64. The van der Waals surface area contributed by atoms with E-state index in [4.69, 9.17) is 0 Å². The Hall–Kier alpha value is -1.12. The summed E-state index contributed by atoms with van der Waals surface area (Å²) >= 11 is 3.45. The first-order valence-electron chi connectivity index (χ1n) is 5.17. The molecule has 0 aliphatic carbocycles. The lowest BCUT2D eigenvalue weighted by atomic mass is 9.98. The summed E-state index contributed by atoms with van der Waals surface area (Å²) in [5.74, 6) is 0. The average Bonchev–Trinajstić information content (AvgIpc) is 2.30. The Morgan fingerprint density at radius 2 is 1.81 bits per heavy atom. The summed E-state index contributed by atoms with van der Waals surface area (Å²) < 4.78 is 0.965. The van der Waals surface area contributed by atoms with E-state index in [0.717, 1.165) is 10.0 Å². The lowest BCUT2D eigenvalue weighted by Gasteiger charge is -2.10. The van der Waals surface area contributed by atoms with Gasteiger partial charge in [-0.1, -0.05) is 46.3 Å². The lowest BCUT2D eigenvalue weighted by Crippen LogP contribution is -1.90. The summed E-state index contributed by atoms with van der Waals surface area (Å²) in [5.41, 5.74) is 4.48. The molecule has 2 aromatic rings. The molecule has 1 nitrogen and oxygen atoms in total. The fourth-order valence-corrected chi connectivity index (χ4v) is 2.35. The molecule has 0 saturated carbocycles. The lowest BCUT2D eigenvalue weighted by molar-refractivity contribution is 0.281. The van der Waals surface area contributed by atoms with Gasteiger partial charge in [-0.05, 0) is 41.3 Å². The smallest absolute Gasteiger partial charge is 0.0693 e. The highest BCUT2D eigenvalue weighted by molar-refractivity contribution is 9.10. The average molecular weight is 277 g/mol. The molecule has 1 N–H and O–H groups in total. The van der Waals surface area contributed by atoms with Crippen LogP contribution in [0, 0.1) is 6.92 Å². The van der Waals surface area contributed by atoms with Crippen molar-refractivity contribution in [3.05, 3.63) is 58.1 Å². The van der Waals surface area contributed by atoms with E-state index in [1.54, 1.807) is 0 Å². The predicted molar refractivity (Wildman–Crippen MR) is 70.2 cm³/mol. The fraction of sp³-hybridized carbons (Fsp3) is 0.143. The van der Waals surface area contributed by atoms with Gasteiger partial charge in [-0.2, -0.15) is 0 Å². The second-order valence-electron chi connectivity index (χ2n) is 3.78. The van der Waals surface area contributed by atoms with Crippen LogP contribution in [0.4, 0.5) is 0 Å². The second kappa shape index (κ2) is 4.81. The van der Waals surface area contributed by atoms with Crippen molar-refractivity contribution in [1.29, 1.82) is 0 Å². The van der Waals surface area contributed by atoms with Gasteiger partial charge in [-0.25, -0.2) is 0 Å². The van der Waals surface area contributed by atoms with Crippen molar-refractivity contribution in [2.75, 3.05) is 0 Å². The number of aliphatic hydroxyl groups is 1. The van der Waals surface area contributed by atoms with Crippen LogP contribution in [0.1, 0.15) is 11.1 Å². The van der Waals surface area contributed by atoms with E-state index in [9.17, 15) is 5.11 Å². The Bertz CT molecular complexity index is 492. The third-order valence-corrected chi connectivity index (χ3v) is 3.39. The van der Waals surface area contributed by atoms with Gasteiger partial charge in [-0.3, -0.25) is 0 Å². The normalized spacial score (nSPS) is 10.4. The summed E-state index contributed by atoms with van der Waals surface area (Å²) in [7, 11) is 0. The van der Waals surface area contributed by atoms with E-state index < -0.39 is 0 Å². The van der Waals surface area contributed by atoms with Crippen LogP contribution >= 0.6 is 15.9 Å². The maximum absolute atomic E-state index is 9.25. The standard InChI is InChI=1S/C14H13BrO/c1-10-7-14(15)12(9-16)8-13(10)11-5-3-2-4-6-11/h2-8,16H,9H2,1H3. The summed E-state index contributed by atoms with van der Waals surface area (Å²) in [6, 6.07) is 14.3. The molecule has 0 heterocycles. The molecule has 0 fully saturated rings. The highest BCUT2D eigenvalue weighted by Crippen LogP contribution is 2.29. The maximum atomic E-state index is 9.25. The molecule has 2 heteroatoms. The van der Waals surface area contributed by atoms with Gasteiger partial charge in [0.15, 0.2) is 0 Å². The van der Waals surface area contributed by atoms with Crippen LogP contribution in [0.25, 0.3) is 11.1 Å². The van der Waals surface area contributed by atoms with Crippen LogP contribution < -0.4 is 0 Å². The highest BCUT2D eigenvalue weighted by atomic mass is 79.9. The van der Waals surface area contributed by atoms with Gasteiger partial charge in [-0.15, -0.1) is 0 Å². The molecular formula is C14H13BrO. The first-order valence-corrected chi connectivity index (χ1v) is 5.97. The van der Waals surface area contributed by atoms with Crippen LogP contribution in [-0.2, 0) is 6.61 Å².